The van der Waals surface area contributed by atoms with Crippen molar-refractivity contribution < 1.29 is 4.79 Å². The largest absolute Gasteiger partial charge is 0.339 e. The Labute approximate surface area is 144 Å². The van der Waals surface area contributed by atoms with E-state index in [1.165, 1.54) is 12.8 Å². The van der Waals surface area contributed by atoms with Crippen LogP contribution < -0.4 is 5.32 Å². The highest BCUT2D eigenvalue weighted by molar-refractivity contribution is 5.95. The Morgan fingerprint density at radius 2 is 1.87 bits per heavy atom. The van der Waals surface area contributed by atoms with Crippen LogP contribution in [0.1, 0.15) is 54.4 Å². The Hall–Kier alpha value is -1.20. The number of hydrogen-bond acceptors (Lipinski definition) is 4. The van der Waals surface area contributed by atoms with Crippen molar-refractivity contribution in [1.82, 2.24) is 20.4 Å². The maximum absolute atomic E-state index is 12.8. The van der Waals surface area contributed by atoms with Crippen molar-refractivity contribution in [1.29, 1.82) is 0 Å². The number of carbonyl (C=O) groups is 1. The minimum absolute atomic E-state index is 0. The van der Waals surface area contributed by atoms with E-state index in [0.717, 1.165) is 62.4 Å². The maximum Gasteiger partial charge on any atom is 0.255 e. The summed E-state index contributed by atoms with van der Waals surface area (Å²) in [5.41, 5.74) is 2.85. The zero-order valence-corrected chi connectivity index (χ0v) is 14.9. The topological polar surface area (TPSA) is 58.1 Å². The monoisotopic (exact) mass is 338 g/mol. The quantitative estimate of drug-likeness (QED) is 0.899. The number of aryl methyl sites for hydroxylation is 2. The number of likely N-dealkylation sites (tertiary alicyclic amines) is 1. The highest BCUT2D eigenvalue weighted by Gasteiger charge is 2.37. The fourth-order valence-corrected chi connectivity index (χ4v) is 3.77. The maximum atomic E-state index is 12.8. The fraction of sp³-hybridized carbons (Fsp3) is 0.706. The first-order valence-electron chi connectivity index (χ1n) is 8.47. The Morgan fingerprint density at radius 1 is 1.22 bits per heavy atom. The Balaban J connectivity index is 0.00000192. The zero-order chi connectivity index (χ0) is 15.6. The number of amides is 1. The molecule has 128 valence electrons. The summed E-state index contributed by atoms with van der Waals surface area (Å²) in [4.78, 5) is 14.9. The van der Waals surface area contributed by atoms with Crippen LogP contribution >= 0.6 is 12.4 Å². The number of aromatic nitrogens is 2. The lowest BCUT2D eigenvalue weighted by Gasteiger charge is -2.44. The van der Waals surface area contributed by atoms with Crippen molar-refractivity contribution in [3.8, 4) is 0 Å². The molecule has 6 heteroatoms. The van der Waals surface area contributed by atoms with Crippen LogP contribution in [0.2, 0.25) is 0 Å². The molecule has 1 aromatic heterocycles. The summed E-state index contributed by atoms with van der Waals surface area (Å²) in [6, 6.07) is 1.89. The number of halogens is 1. The SMILES string of the molecule is CCc1nnc(C)cc1C(=O)N1CCC2(CCNCC2)CC1.Cl. The zero-order valence-electron chi connectivity index (χ0n) is 14.1. The summed E-state index contributed by atoms with van der Waals surface area (Å²) >= 11 is 0. The second-order valence-electron chi connectivity index (χ2n) is 6.74. The van der Waals surface area contributed by atoms with Crippen molar-refractivity contribution in [2.45, 2.75) is 46.0 Å². The van der Waals surface area contributed by atoms with Crippen molar-refractivity contribution >= 4 is 18.3 Å². The molecule has 2 aliphatic heterocycles. The molecular weight excluding hydrogens is 312 g/mol. The Bertz CT molecular complexity index is 548. The summed E-state index contributed by atoms with van der Waals surface area (Å²) in [6.07, 6.45) is 5.53. The van der Waals surface area contributed by atoms with Crippen molar-refractivity contribution in [2.24, 2.45) is 5.41 Å². The highest BCUT2D eigenvalue weighted by Crippen LogP contribution is 2.39. The number of carbonyl (C=O) groups excluding carboxylic acids is 1. The molecule has 0 saturated carbocycles. The van der Waals surface area contributed by atoms with E-state index in [-0.39, 0.29) is 18.3 Å². The van der Waals surface area contributed by atoms with E-state index in [4.69, 9.17) is 0 Å². The summed E-state index contributed by atoms with van der Waals surface area (Å²) in [5.74, 6) is 0.138. The molecular formula is C17H27ClN4O. The molecule has 3 heterocycles. The van der Waals surface area contributed by atoms with Crippen molar-refractivity contribution in [3.63, 3.8) is 0 Å². The van der Waals surface area contributed by atoms with Gasteiger partial charge in [-0.25, -0.2) is 0 Å². The molecule has 1 N–H and O–H groups in total. The molecule has 0 radical (unpaired) electrons. The van der Waals surface area contributed by atoms with Gasteiger partial charge in [0, 0.05) is 13.1 Å². The molecule has 1 aromatic rings. The van der Waals surface area contributed by atoms with Gasteiger partial charge in [0.2, 0.25) is 0 Å². The van der Waals surface area contributed by atoms with Crippen LogP contribution in [-0.4, -0.2) is 47.2 Å². The van der Waals surface area contributed by atoms with Gasteiger partial charge < -0.3 is 10.2 Å². The summed E-state index contributed by atoms with van der Waals surface area (Å²) in [6.45, 7) is 7.93. The highest BCUT2D eigenvalue weighted by atomic mass is 35.5. The average Bonchev–Trinajstić information content (AvgIpc) is 2.56. The number of rotatable bonds is 2. The van der Waals surface area contributed by atoms with E-state index < -0.39 is 0 Å². The lowest BCUT2D eigenvalue weighted by molar-refractivity contribution is 0.0494. The van der Waals surface area contributed by atoms with Gasteiger partial charge in [-0.3, -0.25) is 4.79 Å². The third-order valence-electron chi connectivity index (χ3n) is 5.33. The van der Waals surface area contributed by atoms with Gasteiger partial charge in [-0.05, 0) is 63.6 Å². The molecule has 2 aliphatic rings. The van der Waals surface area contributed by atoms with E-state index in [1.54, 1.807) is 0 Å². The van der Waals surface area contributed by atoms with Crippen LogP contribution in [0, 0.1) is 12.3 Å². The normalized spacial score (nSPS) is 20.2. The number of piperidine rings is 2. The molecule has 2 saturated heterocycles. The van der Waals surface area contributed by atoms with E-state index in [1.807, 2.05) is 24.8 Å². The van der Waals surface area contributed by atoms with E-state index in [0.29, 0.717) is 5.41 Å². The molecule has 0 atom stereocenters. The predicted molar refractivity (Wildman–Crippen MR) is 93.1 cm³/mol. The molecule has 0 aromatic carbocycles. The van der Waals surface area contributed by atoms with Gasteiger partial charge >= 0.3 is 0 Å². The van der Waals surface area contributed by atoms with Crippen LogP contribution in [0.5, 0.6) is 0 Å². The third-order valence-corrected chi connectivity index (χ3v) is 5.33. The van der Waals surface area contributed by atoms with E-state index >= 15 is 0 Å². The molecule has 5 nitrogen and oxygen atoms in total. The summed E-state index contributed by atoms with van der Waals surface area (Å²) in [5, 5.41) is 11.7. The minimum Gasteiger partial charge on any atom is -0.339 e. The van der Waals surface area contributed by atoms with Gasteiger partial charge in [0.15, 0.2) is 0 Å². The van der Waals surface area contributed by atoms with Gasteiger partial charge in [0.1, 0.15) is 0 Å². The average molecular weight is 339 g/mol. The third kappa shape index (κ3) is 3.83. The molecule has 3 rings (SSSR count). The molecule has 0 bridgehead atoms. The van der Waals surface area contributed by atoms with E-state index in [2.05, 4.69) is 15.5 Å². The van der Waals surface area contributed by atoms with Gasteiger partial charge in [-0.15, -0.1) is 12.4 Å². The summed E-state index contributed by atoms with van der Waals surface area (Å²) in [7, 11) is 0. The Morgan fingerprint density at radius 3 is 2.48 bits per heavy atom. The van der Waals surface area contributed by atoms with Gasteiger partial charge in [0.25, 0.3) is 5.91 Å². The first kappa shape index (κ1) is 18.1. The fourth-order valence-electron chi connectivity index (χ4n) is 3.77. The van der Waals surface area contributed by atoms with Crippen LogP contribution in [0.4, 0.5) is 0 Å². The standard InChI is InChI=1S/C17H26N4O.ClH/c1-3-15-14(12-13(2)19-20-15)16(22)21-10-6-17(7-11-21)4-8-18-9-5-17;/h12,18H,3-11H2,1-2H3;1H. The van der Waals surface area contributed by atoms with Crippen molar-refractivity contribution in [2.75, 3.05) is 26.2 Å². The lowest BCUT2D eigenvalue weighted by atomic mass is 9.71. The predicted octanol–water partition coefficient (Wildman–Crippen LogP) is 2.38. The van der Waals surface area contributed by atoms with Gasteiger partial charge in [-0.2, -0.15) is 10.2 Å². The molecule has 0 unspecified atom stereocenters. The molecule has 0 aliphatic carbocycles. The Kier molecular flexibility index (Phi) is 5.98. The van der Waals surface area contributed by atoms with Crippen LogP contribution in [-0.2, 0) is 6.42 Å². The molecule has 1 spiro atoms. The second-order valence-corrected chi connectivity index (χ2v) is 6.74. The number of hydrogen-bond donors (Lipinski definition) is 1. The smallest absolute Gasteiger partial charge is 0.255 e. The molecule has 23 heavy (non-hydrogen) atoms. The molecule has 2 fully saturated rings. The van der Waals surface area contributed by atoms with Crippen LogP contribution in [0.25, 0.3) is 0 Å². The van der Waals surface area contributed by atoms with Crippen molar-refractivity contribution in [3.05, 3.63) is 23.0 Å². The van der Waals surface area contributed by atoms with Gasteiger partial charge in [0.05, 0.1) is 17.0 Å². The molecule has 1 amide bonds. The second kappa shape index (κ2) is 7.58. The first-order chi connectivity index (χ1) is 10.6. The number of nitrogens with one attached hydrogen (secondary N) is 1. The first-order valence-corrected chi connectivity index (χ1v) is 8.47. The number of nitrogens with zero attached hydrogens (tertiary/aromatic N) is 3. The lowest BCUT2D eigenvalue weighted by Crippen LogP contribution is -2.47. The van der Waals surface area contributed by atoms with Crippen LogP contribution in [0.3, 0.4) is 0 Å². The van der Waals surface area contributed by atoms with E-state index in [9.17, 15) is 4.79 Å². The summed E-state index contributed by atoms with van der Waals surface area (Å²) < 4.78 is 0. The minimum atomic E-state index is 0. The van der Waals surface area contributed by atoms with Crippen LogP contribution in [0.15, 0.2) is 6.07 Å². The van der Waals surface area contributed by atoms with Gasteiger partial charge in [-0.1, -0.05) is 6.92 Å².